The van der Waals surface area contributed by atoms with Crippen LogP contribution >= 0.6 is 11.6 Å². The Balaban J connectivity index is 2.19. The Bertz CT molecular complexity index is 364. The van der Waals surface area contributed by atoms with Crippen LogP contribution in [0.5, 0.6) is 0 Å². The number of nitrogens with zero attached hydrogens (tertiary/aromatic N) is 1. The lowest BCUT2D eigenvalue weighted by molar-refractivity contribution is 0.0855. The molecule has 1 aliphatic heterocycles. The summed E-state index contributed by atoms with van der Waals surface area (Å²) in [6.45, 7) is 1.66. The number of halogens is 1. The third-order valence-electron chi connectivity index (χ3n) is 3.15. The molecule has 1 aliphatic rings. The predicted octanol–water partition coefficient (Wildman–Crippen LogP) is 2.54. The van der Waals surface area contributed by atoms with Crippen LogP contribution in [0.2, 0.25) is 5.02 Å². The van der Waals surface area contributed by atoms with Gasteiger partial charge in [0, 0.05) is 26.3 Å². The summed E-state index contributed by atoms with van der Waals surface area (Å²) in [6, 6.07) is 6.26. The summed E-state index contributed by atoms with van der Waals surface area (Å²) in [7, 11) is 2.07. The van der Waals surface area contributed by atoms with Crippen molar-refractivity contribution in [2.45, 2.75) is 18.9 Å². The minimum atomic E-state index is 0.495. The van der Waals surface area contributed by atoms with Crippen molar-refractivity contribution in [2.75, 3.05) is 30.9 Å². The van der Waals surface area contributed by atoms with Gasteiger partial charge in [0.2, 0.25) is 0 Å². The van der Waals surface area contributed by atoms with E-state index in [4.69, 9.17) is 22.1 Å². The Hall–Kier alpha value is -0.930. The Kier molecular flexibility index (Phi) is 3.56. The molecule has 2 N–H and O–H groups in total. The van der Waals surface area contributed by atoms with Crippen LogP contribution in [-0.2, 0) is 4.74 Å². The third kappa shape index (κ3) is 2.25. The molecule has 4 heteroatoms. The van der Waals surface area contributed by atoms with Gasteiger partial charge in [-0.3, -0.25) is 0 Å². The van der Waals surface area contributed by atoms with Gasteiger partial charge in [-0.25, -0.2) is 0 Å². The number of rotatable bonds is 2. The topological polar surface area (TPSA) is 38.5 Å². The van der Waals surface area contributed by atoms with Gasteiger partial charge in [0.05, 0.1) is 16.4 Å². The number of anilines is 2. The first-order valence-electron chi connectivity index (χ1n) is 5.54. The molecule has 1 aromatic rings. The van der Waals surface area contributed by atoms with E-state index in [-0.39, 0.29) is 0 Å². The van der Waals surface area contributed by atoms with E-state index in [1.165, 1.54) is 0 Å². The molecule has 0 aliphatic carbocycles. The highest BCUT2D eigenvalue weighted by Gasteiger charge is 2.20. The van der Waals surface area contributed by atoms with Crippen molar-refractivity contribution in [2.24, 2.45) is 0 Å². The van der Waals surface area contributed by atoms with E-state index in [0.29, 0.717) is 16.8 Å². The van der Waals surface area contributed by atoms with E-state index in [2.05, 4.69) is 11.9 Å². The number of ether oxygens (including phenoxy) is 1. The van der Waals surface area contributed by atoms with Crippen molar-refractivity contribution < 1.29 is 4.74 Å². The van der Waals surface area contributed by atoms with Gasteiger partial charge in [-0.2, -0.15) is 0 Å². The first kappa shape index (κ1) is 11.6. The molecule has 0 saturated carbocycles. The molecule has 1 fully saturated rings. The quantitative estimate of drug-likeness (QED) is 0.808. The highest BCUT2D eigenvalue weighted by atomic mass is 35.5. The molecule has 0 bridgehead atoms. The molecule has 0 spiro atoms. The molecular weight excluding hydrogens is 224 g/mol. The van der Waals surface area contributed by atoms with E-state index in [1.54, 1.807) is 0 Å². The van der Waals surface area contributed by atoms with Crippen LogP contribution in [0.1, 0.15) is 12.8 Å². The number of nitrogens with two attached hydrogens (primary N) is 1. The van der Waals surface area contributed by atoms with E-state index < -0.39 is 0 Å². The summed E-state index contributed by atoms with van der Waals surface area (Å²) in [4.78, 5) is 2.21. The smallest absolute Gasteiger partial charge is 0.0741 e. The number of benzene rings is 1. The second-order valence-electron chi connectivity index (χ2n) is 4.13. The maximum absolute atomic E-state index is 6.02. The van der Waals surface area contributed by atoms with Crippen molar-refractivity contribution in [3.63, 3.8) is 0 Å². The second-order valence-corrected chi connectivity index (χ2v) is 4.53. The van der Waals surface area contributed by atoms with Crippen LogP contribution in [-0.4, -0.2) is 26.3 Å². The fraction of sp³-hybridized carbons (Fsp3) is 0.500. The lowest BCUT2D eigenvalue weighted by Gasteiger charge is -2.33. The van der Waals surface area contributed by atoms with Crippen LogP contribution in [0.25, 0.3) is 0 Å². The molecule has 1 aromatic carbocycles. The first-order chi connectivity index (χ1) is 7.70. The van der Waals surface area contributed by atoms with Gasteiger partial charge in [-0.05, 0) is 25.0 Å². The molecule has 88 valence electrons. The lowest BCUT2D eigenvalue weighted by atomic mass is 10.1. The number of para-hydroxylation sites is 1. The normalized spacial score (nSPS) is 17.4. The van der Waals surface area contributed by atoms with Crippen molar-refractivity contribution >= 4 is 23.0 Å². The molecule has 0 amide bonds. The van der Waals surface area contributed by atoms with Crippen molar-refractivity contribution in [1.29, 1.82) is 0 Å². The molecule has 0 unspecified atom stereocenters. The molecular formula is C12H17ClN2O. The average Bonchev–Trinajstić information content (AvgIpc) is 2.33. The highest BCUT2D eigenvalue weighted by Crippen LogP contribution is 2.31. The Morgan fingerprint density at radius 3 is 2.75 bits per heavy atom. The van der Waals surface area contributed by atoms with Crippen LogP contribution in [0.3, 0.4) is 0 Å². The fourth-order valence-electron chi connectivity index (χ4n) is 2.10. The number of nitrogen functional groups attached to an aromatic ring is 1. The zero-order chi connectivity index (χ0) is 11.5. The fourth-order valence-corrected chi connectivity index (χ4v) is 2.27. The minimum Gasteiger partial charge on any atom is -0.396 e. The maximum atomic E-state index is 6.02. The van der Waals surface area contributed by atoms with E-state index in [9.17, 15) is 0 Å². The van der Waals surface area contributed by atoms with Crippen LogP contribution in [0.4, 0.5) is 11.4 Å². The van der Waals surface area contributed by atoms with Gasteiger partial charge in [0.1, 0.15) is 0 Å². The van der Waals surface area contributed by atoms with Gasteiger partial charge in [0.25, 0.3) is 0 Å². The van der Waals surface area contributed by atoms with E-state index in [1.807, 2.05) is 18.2 Å². The monoisotopic (exact) mass is 240 g/mol. The molecule has 3 nitrogen and oxygen atoms in total. The summed E-state index contributed by atoms with van der Waals surface area (Å²) in [5.74, 6) is 0. The predicted molar refractivity (Wildman–Crippen MR) is 68.1 cm³/mol. The SMILES string of the molecule is CN(c1cccc(Cl)c1N)C1CCOCC1. The summed E-state index contributed by atoms with van der Waals surface area (Å²) in [5.41, 5.74) is 7.66. The highest BCUT2D eigenvalue weighted by molar-refractivity contribution is 6.33. The maximum Gasteiger partial charge on any atom is 0.0741 e. The molecule has 1 heterocycles. The van der Waals surface area contributed by atoms with Crippen LogP contribution in [0, 0.1) is 0 Å². The van der Waals surface area contributed by atoms with Crippen molar-refractivity contribution in [3.8, 4) is 0 Å². The summed E-state index contributed by atoms with van der Waals surface area (Å²) >= 11 is 6.02. The molecule has 16 heavy (non-hydrogen) atoms. The van der Waals surface area contributed by atoms with Gasteiger partial charge < -0.3 is 15.4 Å². The molecule has 1 saturated heterocycles. The minimum absolute atomic E-state index is 0.495. The second kappa shape index (κ2) is 4.93. The third-order valence-corrected chi connectivity index (χ3v) is 3.48. The van der Waals surface area contributed by atoms with Gasteiger partial charge in [-0.15, -0.1) is 0 Å². The number of hydrogen-bond donors (Lipinski definition) is 1. The molecule has 0 radical (unpaired) electrons. The first-order valence-corrected chi connectivity index (χ1v) is 5.92. The summed E-state index contributed by atoms with van der Waals surface area (Å²) in [5, 5.41) is 0.622. The largest absolute Gasteiger partial charge is 0.396 e. The number of hydrogen-bond acceptors (Lipinski definition) is 3. The zero-order valence-electron chi connectivity index (χ0n) is 9.45. The van der Waals surface area contributed by atoms with Crippen LogP contribution in [0.15, 0.2) is 18.2 Å². The van der Waals surface area contributed by atoms with Gasteiger partial charge in [0.15, 0.2) is 0 Å². The van der Waals surface area contributed by atoms with Crippen molar-refractivity contribution in [3.05, 3.63) is 23.2 Å². The summed E-state index contributed by atoms with van der Waals surface area (Å²) < 4.78 is 5.36. The molecule has 0 aromatic heterocycles. The van der Waals surface area contributed by atoms with E-state index in [0.717, 1.165) is 31.7 Å². The molecule has 0 atom stereocenters. The van der Waals surface area contributed by atoms with Crippen LogP contribution < -0.4 is 10.6 Å². The van der Waals surface area contributed by atoms with Gasteiger partial charge >= 0.3 is 0 Å². The lowest BCUT2D eigenvalue weighted by Crippen LogP contribution is -2.37. The standard InChI is InChI=1S/C12H17ClN2O/c1-15(9-5-7-16-8-6-9)11-4-2-3-10(13)12(11)14/h2-4,9H,5-8,14H2,1H3. The van der Waals surface area contributed by atoms with Gasteiger partial charge in [-0.1, -0.05) is 17.7 Å². The average molecular weight is 241 g/mol. The summed E-state index contributed by atoms with van der Waals surface area (Å²) in [6.07, 6.45) is 2.09. The Morgan fingerprint density at radius 2 is 2.06 bits per heavy atom. The Labute approximate surface area is 101 Å². The van der Waals surface area contributed by atoms with E-state index >= 15 is 0 Å². The zero-order valence-corrected chi connectivity index (χ0v) is 10.2. The Morgan fingerprint density at radius 1 is 1.38 bits per heavy atom. The van der Waals surface area contributed by atoms with Crippen molar-refractivity contribution in [1.82, 2.24) is 0 Å². The molecule has 2 rings (SSSR count).